The van der Waals surface area contributed by atoms with Gasteiger partial charge in [-0.05, 0) is 30.3 Å². The van der Waals surface area contributed by atoms with Gasteiger partial charge in [0.15, 0.2) is 5.65 Å². The van der Waals surface area contributed by atoms with Crippen molar-refractivity contribution in [3.63, 3.8) is 0 Å². The Hall–Kier alpha value is -4.07. The van der Waals surface area contributed by atoms with Gasteiger partial charge in [0, 0.05) is 42.0 Å². The lowest BCUT2D eigenvalue weighted by atomic mass is 10.2. The van der Waals surface area contributed by atoms with Crippen molar-refractivity contribution in [2.75, 3.05) is 12.4 Å². The average Bonchev–Trinajstić information content (AvgIpc) is 3.23. The monoisotopic (exact) mass is 377 g/mol. The predicted molar refractivity (Wildman–Crippen MR) is 107 cm³/mol. The minimum absolute atomic E-state index is 0.766. The maximum atomic E-state index is 8.00. The molecule has 0 aliphatic carbocycles. The molecule has 4 rings (SSSR count). The van der Waals surface area contributed by atoms with Crippen LogP contribution in [0.15, 0.2) is 67.1 Å². The van der Waals surface area contributed by atoms with E-state index in [-0.39, 0.29) is 0 Å². The van der Waals surface area contributed by atoms with Crippen LogP contribution in [-0.4, -0.2) is 40.3 Å². The van der Waals surface area contributed by atoms with Crippen molar-refractivity contribution in [3.05, 3.63) is 67.1 Å². The fourth-order valence-corrected chi connectivity index (χ4v) is 2.49. The number of ether oxygens (including phenoxy) is 1. The molecular formula is C20H19N5O3. The Morgan fingerprint density at radius 1 is 1.00 bits per heavy atom. The number of fused-ring (bicyclic) bond motifs is 1. The SMILES string of the molecule is C=O.C=O.COc1cccc(Nc2ccnc3cc(-c4cccnc4)nn23)c1. The number of carbonyl (C=O) groups excluding carboxylic acids is 2. The summed E-state index contributed by atoms with van der Waals surface area (Å²) < 4.78 is 7.04. The molecule has 0 bridgehead atoms. The highest BCUT2D eigenvalue weighted by Gasteiger charge is 2.09. The molecule has 3 heterocycles. The van der Waals surface area contributed by atoms with Crippen molar-refractivity contribution in [3.8, 4) is 17.0 Å². The maximum absolute atomic E-state index is 8.00. The molecule has 4 aromatic rings. The minimum atomic E-state index is 0.766. The lowest BCUT2D eigenvalue weighted by Crippen LogP contribution is -2.00. The van der Waals surface area contributed by atoms with Crippen molar-refractivity contribution in [1.29, 1.82) is 0 Å². The van der Waals surface area contributed by atoms with Crippen LogP contribution in [0.2, 0.25) is 0 Å². The third kappa shape index (κ3) is 4.55. The summed E-state index contributed by atoms with van der Waals surface area (Å²) >= 11 is 0. The van der Waals surface area contributed by atoms with Gasteiger partial charge in [-0.25, -0.2) is 4.98 Å². The third-order valence-corrected chi connectivity index (χ3v) is 3.66. The number of rotatable bonds is 4. The van der Waals surface area contributed by atoms with E-state index in [9.17, 15) is 0 Å². The molecule has 0 spiro atoms. The number of hydrogen-bond acceptors (Lipinski definition) is 7. The van der Waals surface area contributed by atoms with E-state index >= 15 is 0 Å². The zero-order valence-electron chi connectivity index (χ0n) is 15.3. The third-order valence-electron chi connectivity index (χ3n) is 3.66. The fourth-order valence-electron chi connectivity index (χ4n) is 2.49. The molecule has 0 radical (unpaired) electrons. The molecule has 1 aromatic carbocycles. The number of hydrogen-bond donors (Lipinski definition) is 1. The Balaban J connectivity index is 0.000000660. The van der Waals surface area contributed by atoms with Gasteiger partial charge >= 0.3 is 0 Å². The van der Waals surface area contributed by atoms with Gasteiger partial charge in [0.25, 0.3) is 0 Å². The molecule has 0 fully saturated rings. The van der Waals surface area contributed by atoms with Crippen molar-refractivity contribution in [1.82, 2.24) is 19.6 Å². The summed E-state index contributed by atoms with van der Waals surface area (Å²) in [5.41, 5.74) is 3.47. The van der Waals surface area contributed by atoms with Gasteiger partial charge in [-0.2, -0.15) is 9.61 Å². The maximum Gasteiger partial charge on any atom is 0.157 e. The Labute approximate surface area is 161 Å². The normalized spacial score (nSPS) is 9.46. The molecule has 3 aromatic heterocycles. The largest absolute Gasteiger partial charge is 0.497 e. The number of benzene rings is 1. The van der Waals surface area contributed by atoms with Crippen molar-refractivity contribution < 1.29 is 14.3 Å². The van der Waals surface area contributed by atoms with Crippen LogP contribution in [-0.2, 0) is 9.59 Å². The number of nitrogens with one attached hydrogen (secondary N) is 1. The number of aromatic nitrogens is 4. The average molecular weight is 377 g/mol. The first-order valence-corrected chi connectivity index (χ1v) is 8.07. The van der Waals surface area contributed by atoms with Crippen LogP contribution in [0, 0.1) is 0 Å². The summed E-state index contributed by atoms with van der Waals surface area (Å²) in [5.74, 6) is 1.62. The number of carbonyl (C=O) groups is 2. The quantitative estimate of drug-likeness (QED) is 0.583. The molecule has 0 unspecified atom stereocenters. The molecule has 8 heteroatoms. The molecule has 0 saturated heterocycles. The van der Waals surface area contributed by atoms with Crippen LogP contribution in [0.3, 0.4) is 0 Å². The van der Waals surface area contributed by atoms with E-state index in [2.05, 4.69) is 20.4 Å². The first kappa shape index (κ1) is 20.2. The summed E-state index contributed by atoms with van der Waals surface area (Å²) in [7, 11) is 1.65. The number of pyridine rings is 1. The Morgan fingerprint density at radius 3 is 2.54 bits per heavy atom. The Morgan fingerprint density at radius 2 is 1.82 bits per heavy atom. The summed E-state index contributed by atoms with van der Waals surface area (Å²) in [5, 5.41) is 7.99. The zero-order valence-corrected chi connectivity index (χ0v) is 15.3. The van der Waals surface area contributed by atoms with Crippen LogP contribution < -0.4 is 10.1 Å². The first-order valence-electron chi connectivity index (χ1n) is 8.07. The Kier molecular flexibility index (Phi) is 7.35. The second-order valence-electron chi connectivity index (χ2n) is 5.23. The highest BCUT2D eigenvalue weighted by molar-refractivity contribution is 5.66. The van der Waals surface area contributed by atoms with Crippen LogP contribution in [0.25, 0.3) is 16.9 Å². The van der Waals surface area contributed by atoms with Crippen LogP contribution >= 0.6 is 0 Å². The summed E-state index contributed by atoms with van der Waals surface area (Å²) in [6.07, 6.45) is 5.29. The highest BCUT2D eigenvalue weighted by atomic mass is 16.5. The van der Waals surface area contributed by atoms with Gasteiger partial charge in [-0.15, -0.1) is 0 Å². The van der Waals surface area contributed by atoms with Crippen molar-refractivity contribution in [2.24, 2.45) is 0 Å². The van der Waals surface area contributed by atoms with Gasteiger partial charge in [0.05, 0.1) is 12.8 Å². The molecule has 0 saturated carbocycles. The van der Waals surface area contributed by atoms with Crippen LogP contribution in [0.5, 0.6) is 5.75 Å². The molecule has 0 aliphatic rings. The first-order chi connectivity index (χ1) is 13.8. The molecule has 8 nitrogen and oxygen atoms in total. The second kappa shape index (κ2) is 10.2. The summed E-state index contributed by atoms with van der Waals surface area (Å²) in [6.45, 7) is 4.00. The number of anilines is 2. The standard InChI is InChI=1S/C18H15N5O.2CH2O/c1-24-15-6-2-5-14(10-15)21-17-7-9-20-18-11-16(22-23(17)18)13-4-3-8-19-12-13;2*1-2/h2-12,21H,1H3;2*1H2. The smallest absolute Gasteiger partial charge is 0.157 e. The van der Waals surface area contributed by atoms with Crippen LogP contribution in [0.4, 0.5) is 11.5 Å². The van der Waals surface area contributed by atoms with E-state index in [1.54, 1.807) is 30.2 Å². The topological polar surface area (TPSA) is 98.5 Å². The predicted octanol–water partition coefficient (Wildman–Crippen LogP) is 3.17. The van der Waals surface area contributed by atoms with Crippen LogP contribution in [0.1, 0.15) is 0 Å². The molecule has 28 heavy (non-hydrogen) atoms. The minimum Gasteiger partial charge on any atom is -0.497 e. The van der Waals surface area contributed by atoms with Gasteiger partial charge in [-0.1, -0.05) is 6.07 Å². The van der Waals surface area contributed by atoms with E-state index in [4.69, 9.17) is 14.3 Å². The Bertz CT molecular complexity index is 1020. The van der Waals surface area contributed by atoms with Crippen molar-refractivity contribution in [2.45, 2.75) is 0 Å². The van der Waals surface area contributed by atoms with Gasteiger partial charge in [0.2, 0.25) is 0 Å². The lowest BCUT2D eigenvalue weighted by molar-refractivity contribution is -0.0987. The van der Waals surface area contributed by atoms with E-state index in [0.29, 0.717) is 0 Å². The van der Waals surface area contributed by atoms with E-state index in [1.165, 1.54) is 0 Å². The molecule has 142 valence electrons. The zero-order chi connectivity index (χ0) is 20.4. The number of nitrogens with zero attached hydrogens (tertiary/aromatic N) is 4. The molecule has 1 N–H and O–H groups in total. The van der Waals surface area contributed by atoms with Crippen molar-refractivity contribution >= 4 is 30.7 Å². The second-order valence-corrected chi connectivity index (χ2v) is 5.23. The van der Waals surface area contributed by atoms with Gasteiger partial charge < -0.3 is 19.6 Å². The fraction of sp³-hybridized carbons (Fsp3) is 0.0500. The lowest BCUT2D eigenvalue weighted by Gasteiger charge is -2.09. The highest BCUT2D eigenvalue weighted by Crippen LogP contribution is 2.23. The van der Waals surface area contributed by atoms with Gasteiger partial charge in [-0.3, -0.25) is 4.98 Å². The van der Waals surface area contributed by atoms with E-state index in [1.807, 2.05) is 62.1 Å². The molecule has 0 aliphatic heterocycles. The number of methoxy groups -OCH3 is 1. The summed E-state index contributed by atoms with van der Waals surface area (Å²) in [6, 6.07) is 15.4. The van der Waals surface area contributed by atoms with E-state index in [0.717, 1.165) is 34.2 Å². The summed E-state index contributed by atoms with van der Waals surface area (Å²) in [4.78, 5) is 24.5. The molecule has 0 amide bonds. The molecular weight excluding hydrogens is 358 g/mol. The molecule has 0 atom stereocenters. The van der Waals surface area contributed by atoms with Gasteiger partial charge in [0.1, 0.15) is 25.1 Å². The van der Waals surface area contributed by atoms with E-state index < -0.39 is 0 Å².